The first-order valence-corrected chi connectivity index (χ1v) is 7.06. The van der Waals surface area contributed by atoms with E-state index in [1.807, 2.05) is 25.1 Å². The molecule has 2 aromatic rings. The molecule has 1 aromatic carbocycles. The highest BCUT2D eigenvalue weighted by atomic mass is 79.9. The summed E-state index contributed by atoms with van der Waals surface area (Å²) in [6, 6.07) is 10.1. The molecule has 0 atom stereocenters. The number of nitrogens with zero attached hydrogens (tertiary/aromatic N) is 1. The Hall–Kier alpha value is -1.35. The summed E-state index contributed by atoms with van der Waals surface area (Å²) in [5, 5.41) is 0. The molecule has 0 aliphatic heterocycles. The summed E-state index contributed by atoms with van der Waals surface area (Å²) in [6.07, 6.45) is 1.76. The highest BCUT2D eigenvalue weighted by molar-refractivity contribution is 9.10. The molecule has 0 fully saturated rings. The first-order chi connectivity index (χ1) is 8.86. The summed E-state index contributed by atoms with van der Waals surface area (Å²) in [6.45, 7) is 8.58. The van der Waals surface area contributed by atoms with Gasteiger partial charge in [0.1, 0.15) is 5.75 Å². The van der Waals surface area contributed by atoms with E-state index >= 15 is 0 Å². The molecule has 0 radical (unpaired) electrons. The van der Waals surface area contributed by atoms with Gasteiger partial charge in [-0.3, -0.25) is 0 Å². The Morgan fingerprint density at radius 2 is 1.89 bits per heavy atom. The summed E-state index contributed by atoms with van der Waals surface area (Å²) < 4.78 is 6.81. The van der Waals surface area contributed by atoms with E-state index in [0.717, 1.165) is 15.8 Å². The molecular weight excluding hydrogens is 302 g/mol. The standard InChI is InChI=1S/C16H18BrNO/c1-11-8-15(18-10-14(11)17)19-13-7-5-6-12(9-13)16(2,3)4/h5-10H,1-4H3. The maximum atomic E-state index is 5.82. The lowest BCUT2D eigenvalue weighted by Gasteiger charge is -2.19. The maximum Gasteiger partial charge on any atom is 0.219 e. The van der Waals surface area contributed by atoms with Crippen molar-refractivity contribution in [2.24, 2.45) is 0 Å². The van der Waals surface area contributed by atoms with Crippen molar-refractivity contribution in [1.82, 2.24) is 4.98 Å². The fraction of sp³-hybridized carbons (Fsp3) is 0.312. The molecule has 3 heteroatoms. The van der Waals surface area contributed by atoms with Crippen LogP contribution in [0.15, 0.2) is 41.0 Å². The molecular formula is C16H18BrNO. The van der Waals surface area contributed by atoms with E-state index in [9.17, 15) is 0 Å². The Bertz CT molecular complexity index is 588. The van der Waals surface area contributed by atoms with Gasteiger partial charge in [-0.2, -0.15) is 0 Å². The lowest BCUT2D eigenvalue weighted by atomic mass is 9.87. The predicted molar refractivity (Wildman–Crippen MR) is 81.9 cm³/mol. The van der Waals surface area contributed by atoms with Gasteiger partial charge in [-0.25, -0.2) is 4.98 Å². The number of pyridine rings is 1. The number of benzene rings is 1. The fourth-order valence-electron chi connectivity index (χ4n) is 1.72. The lowest BCUT2D eigenvalue weighted by molar-refractivity contribution is 0.459. The van der Waals surface area contributed by atoms with Gasteiger partial charge in [-0.05, 0) is 51.5 Å². The van der Waals surface area contributed by atoms with Crippen molar-refractivity contribution < 1.29 is 4.74 Å². The van der Waals surface area contributed by atoms with E-state index in [2.05, 4.69) is 53.8 Å². The van der Waals surface area contributed by atoms with Gasteiger partial charge in [0.15, 0.2) is 0 Å². The first-order valence-electron chi connectivity index (χ1n) is 6.27. The van der Waals surface area contributed by atoms with Gasteiger partial charge in [0.05, 0.1) is 0 Å². The van der Waals surface area contributed by atoms with Crippen molar-refractivity contribution in [2.45, 2.75) is 33.1 Å². The molecule has 1 aromatic heterocycles. The van der Waals surface area contributed by atoms with Crippen molar-refractivity contribution in [1.29, 1.82) is 0 Å². The van der Waals surface area contributed by atoms with Crippen LogP contribution in [0, 0.1) is 6.92 Å². The molecule has 0 bridgehead atoms. The van der Waals surface area contributed by atoms with Crippen LogP contribution in [0.2, 0.25) is 0 Å². The molecule has 0 N–H and O–H groups in total. The van der Waals surface area contributed by atoms with Crippen LogP contribution in [0.25, 0.3) is 0 Å². The van der Waals surface area contributed by atoms with E-state index < -0.39 is 0 Å². The number of aromatic nitrogens is 1. The highest BCUT2D eigenvalue weighted by Gasteiger charge is 2.14. The number of aryl methyl sites for hydroxylation is 1. The molecule has 0 unspecified atom stereocenters. The van der Waals surface area contributed by atoms with E-state index in [1.165, 1.54) is 5.56 Å². The first kappa shape index (κ1) is 14.1. The second-order valence-electron chi connectivity index (χ2n) is 5.65. The second kappa shape index (κ2) is 5.33. The minimum atomic E-state index is 0.114. The molecule has 2 nitrogen and oxygen atoms in total. The molecule has 100 valence electrons. The Labute approximate surface area is 123 Å². The van der Waals surface area contributed by atoms with E-state index in [0.29, 0.717) is 5.88 Å². The number of hydrogen-bond donors (Lipinski definition) is 0. The van der Waals surface area contributed by atoms with Crippen LogP contribution >= 0.6 is 15.9 Å². The highest BCUT2D eigenvalue weighted by Crippen LogP contribution is 2.28. The minimum absolute atomic E-state index is 0.114. The molecule has 0 spiro atoms. The van der Waals surface area contributed by atoms with Crippen LogP contribution in [0.4, 0.5) is 0 Å². The summed E-state index contributed by atoms with van der Waals surface area (Å²) >= 11 is 3.43. The summed E-state index contributed by atoms with van der Waals surface area (Å²) in [5.41, 5.74) is 2.47. The molecule has 19 heavy (non-hydrogen) atoms. The van der Waals surface area contributed by atoms with Crippen molar-refractivity contribution in [2.75, 3.05) is 0 Å². The molecule has 0 aliphatic rings. The molecule has 0 aliphatic carbocycles. The monoisotopic (exact) mass is 319 g/mol. The van der Waals surface area contributed by atoms with E-state index in [-0.39, 0.29) is 5.41 Å². The largest absolute Gasteiger partial charge is 0.439 e. The summed E-state index contributed by atoms with van der Waals surface area (Å²) in [7, 11) is 0. The third-order valence-electron chi connectivity index (χ3n) is 2.94. The van der Waals surface area contributed by atoms with Crippen molar-refractivity contribution in [3.05, 3.63) is 52.1 Å². The van der Waals surface area contributed by atoms with Crippen molar-refractivity contribution in [3.8, 4) is 11.6 Å². The molecule has 0 amide bonds. The Morgan fingerprint density at radius 3 is 2.53 bits per heavy atom. The van der Waals surface area contributed by atoms with Gasteiger partial charge in [0.25, 0.3) is 0 Å². The third kappa shape index (κ3) is 3.57. The predicted octanol–water partition coefficient (Wildman–Crippen LogP) is 5.24. The van der Waals surface area contributed by atoms with Crippen molar-refractivity contribution in [3.63, 3.8) is 0 Å². The maximum absolute atomic E-state index is 5.82. The summed E-state index contributed by atoms with van der Waals surface area (Å²) in [4.78, 5) is 4.26. The van der Waals surface area contributed by atoms with Crippen molar-refractivity contribution >= 4 is 15.9 Å². The molecule has 0 saturated carbocycles. The number of ether oxygens (including phenoxy) is 1. The van der Waals surface area contributed by atoms with Gasteiger partial charge < -0.3 is 4.74 Å². The second-order valence-corrected chi connectivity index (χ2v) is 6.51. The third-order valence-corrected chi connectivity index (χ3v) is 3.77. The zero-order chi connectivity index (χ0) is 14.0. The SMILES string of the molecule is Cc1cc(Oc2cccc(C(C)(C)C)c2)ncc1Br. The van der Waals surface area contributed by atoms with Crippen LogP contribution in [0.3, 0.4) is 0 Å². The topological polar surface area (TPSA) is 22.1 Å². The molecule has 2 rings (SSSR count). The van der Waals surface area contributed by atoms with E-state index in [1.54, 1.807) is 6.20 Å². The zero-order valence-electron chi connectivity index (χ0n) is 11.7. The van der Waals surface area contributed by atoms with Gasteiger partial charge in [0, 0.05) is 16.7 Å². The quantitative estimate of drug-likeness (QED) is 0.754. The van der Waals surface area contributed by atoms with Crippen LogP contribution in [-0.4, -0.2) is 4.98 Å². The average molecular weight is 320 g/mol. The normalized spacial score (nSPS) is 11.4. The van der Waals surface area contributed by atoms with Gasteiger partial charge in [-0.15, -0.1) is 0 Å². The molecule has 0 saturated heterocycles. The van der Waals surface area contributed by atoms with Gasteiger partial charge in [0.2, 0.25) is 5.88 Å². The van der Waals surface area contributed by atoms with E-state index in [4.69, 9.17) is 4.74 Å². The van der Waals surface area contributed by atoms with Crippen LogP contribution in [0.5, 0.6) is 11.6 Å². The van der Waals surface area contributed by atoms with Crippen LogP contribution in [-0.2, 0) is 5.41 Å². The Kier molecular flexibility index (Phi) is 3.95. The minimum Gasteiger partial charge on any atom is -0.439 e. The van der Waals surface area contributed by atoms with Gasteiger partial charge in [-0.1, -0.05) is 32.9 Å². The van der Waals surface area contributed by atoms with Crippen LogP contribution < -0.4 is 4.74 Å². The average Bonchev–Trinajstić information content (AvgIpc) is 2.33. The summed E-state index contributed by atoms with van der Waals surface area (Å²) in [5.74, 6) is 1.44. The number of rotatable bonds is 2. The number of halogens is 1. The molecule has 1 heterocycles. The smallest absolute Gasteiger partial charge is 0.219 e. The Balaban J connectivity index is 2.26. The number of hydrogen-bond acceptors (Lipinski definition) is 2. The van der Waals surface area contributed by atoms with Gasteiger partial charge >= 0.3 is 0 Å². The van der Waals surface area contributed by atoms with Crippen LogP contribution in [0.1, 0.15) is 31.9 Å². The zero-order valence-corrected chi connectivity index (χ0v) is 13.3. The lowest BCUT2D eigenvalue weighted by Crippen LogP contribution is -2.10. The fourth-order valence-corrected chi connectivity index (χ4v) is 1.93. The Morgan fingerprint density at radius 1 is 1.16 bits per heavy atom.